The van der Waals surface area contributed by atoms with Gasteiger partial charge in [0.05, 0.1) is 5.92 Å². The molecule has 0 aromatic heterocycles. The molecule has 0 saturated carbocycles. The highest BCUT2D eigenvalue weighted by Gasteiger charge is 2.20. The van der Waals surface area contributed by atoms with Crippen molar-refractivity contribution in [3.8, 4) is 0 Å². The highest BCUT2D eigenvalue weighted by molar-refractivity contribution is 6.06. The van der Waals surface area contributed by atoms with E-state index in [0.29, 0.717) is 0 Å². The zero-order valence-electron chi connectivity index (χ0n) is 15.1. The molecule has 1 aliphatic rings. The standard InChI is InChI=1S/C7H12O2.C7H10O2.C4H2O3/c1-5(6(8)9)7(2,3)4;1-4-7(9)5(2)6(3)8;5-3-1-2-4(6)7-3/h1H2,2-4H3,(H,8,9);4-5H,1H2,2-3H3;1-2H. The molecule has 1 rings (SSSR count). The second-order valence-electron chi connectivity index (χ2n) is 6.05. The summed E-state index contributed by atoms with van der Waals surface area (Å²) in [6.07, 6.45) is 3.34. The van der Waals surface area contributed by atoms with Crippen molar-refractivity contribution < 1.29 is 33.8 Å². The number of carboxylic acids is 1. The highest BCUT2D eigenvalue weighted by atomic mass is 16.6. The molecule has 1 unspecified atom stereocenters. The average Bonchev–Trinajstić information content (AvgIpc) is 2.88. The van der Waals surface area contributed by atoms with Crippen LogP contribution in [0.4, 0.5) is 0 Å². The van der Waals surface area contributed by atoms with Crippen molar-refractivity contribution in [1.29, 1.82) is 0 Å². The third-order valence-electron chi connectivity index (χ3n) is 2.96. The van der Waals surface area contributed by atoms with E-state index < -0.39 is 23.8 Å². The summed E-state index contributed by atoms with van der Waals surface area (Å²) in [4.78, 5) is 51.2. The molecular weight excluding hydrogens is 328 g/mol. The molecule has 0 bridgehead atoms. The lowest BCUT2D eigenvalue weighted by molar-refractivity contribution is -0.150. The number of Topliss-reactive ketones (excluding diaryl/α,β-unsaturated/α-hetero) is 1. The SMILES string of the molecule is C=C(C(=O)O)C(C)(C)C.C=CC(=O)C(C)C(C)=O.O=C1C=CC(=O)O1. The molecule has 0 aliphatic carbocycles. The van der Waals surface area contributed by atoms with E-state index in [9.17, 15) is 24.0 Å². The number of carbonyl (C=O) groups is 5. The lowest BCUT2D eigenvalue weighted by atomic mass is 9.88. The zero-order chi connectivity index (χ0) is 20.4. The van der Waals surface area contributed by atoms with Crippen molar-refractivity contribution in [2.75, 3.05) is 0 Å². The van der Waals surface area contributed by atoms with Gasteiger partial charge in [-0.15, -0.1) is 0 Å². The predicted molar refractivity (Wildman–Crippen MR) is 91.5 cm³/mol. The molecule has 1 heterocycles. The van der Waals surface area contributed by atoms with Crippen LogP contribution >= 0.6 is 0 Å². The number of carboxylic acid groups (broad SMARTS) is 1. The molecule has 0 amide bonds. The Balaban J connectivity index is 0. The molecule has 1 aliphatic heterocycles. The fourth-order valence-corrected chi connectivity index (χ4v) is 1.00. The number of hydrogen-bond acceptors (Lipinski definition) is 6. The van der Waals surface area contributed by atoms with Crippen molar-refractivity contribution in [3.63, 3.8) is 0 Å². The Morgan fingerprint density at radius 1 is 1.16 bits per heavy atom. The van der Waals surface area contributed by atoms with Crippen LogP contribution < -0.4 is 0 Å². The summed E-state index contributed by atoms with van der Waals surface area (Å²) in [6, 6.07) is 0. The number of ether oxygens (including phenoxy) is 1. The Kier molecular flexibility index (Phi) is 10.6. The first-order valence-electron chi connectivity index (χ1n) is 7.27. The van der Waals surface area contributed by atoms with Crippen LogP contribution in [0.2, 0.25) is 0 Å². The molecule has 7 nitrogen and oxygen atoms in total. The molecule has 1 atom stereocenters. The number of cyclic esters (lactones) is 2. The van der Waals surface area contributed by atoms with E-state index in [1.165, 1.54) is 13.0 Å². The lowest BCUT2D eigenvalue weighted by Crippen LogP contribution is -2.15. The number of aliphatic carboxylic acids is 1. The van der Waals surface area contributed by atoms with Gasteiger partial charge in [0.15, 0.2) is 5.78 Å². The van der Waals surface area contributed by atoms with Crippen LogP contribution in [-0.4, -0.2) is 34.6 Å². The van der Waals surface area contributed by atoms with Gasteiger partial charge in [0.1, 0.15) is 5.78 Å². The second kappa shape index (κ2) is 10.9. The summed E-state index contributed by atoms with van der Waals surface area (Å²) in [6.45, 7) is 15.1. The monoisotopic (exact) mass is 352 g/mol. The van der Waals surface area contributed by atoms with Crippen LogP contribution in [0, 0.1) is 11.3 Å². The van der Waals surface area contributed by atoms with Crippen molar-refractivity contribution >= 4 is 29.5 Å². The summed E-state index contributed by atoms with van der Waals surface area (Å²) < 4.78 is 3.97. The van der Waals surface area contributed by atoms with Gasteiger partial charge in [0.2, 0.25) is 0 Å². The van der Waals surface area contributed by atoms with E-state index >= 15 is 0 Å². The largest absolute Gasteiger partial charge is 0.478 e. The fraction of sp³-hybridized carbons (Fsp3) is 0.389. The van der Waals surface area contributed by atoms with E-state index in [1.54, 1.807) is 6.92 Å². The molecule has 0 aromatic rings. The van der Waals surface area contributed by atoms with Crippen molar-refractivity contribution in [1.82, 2.24) is 0 Å². The van der Waals surface area contributed by atoms with E-state index in [4.69, 9.17) is 5.11 Å². The van der Waals surface area contributed by atoms with Crippen molar-refractivity contribution in [3.05, 3.63) is 37.0 Å². The van der Waals surface area contributed by atoms with Gasteiger partial charge in [0.25, 0.3) is 0 Å². The minimum atomic E-state index is -0.914. The van der Waals surface area contributed by atoms with Gasteiger partial charge in [-0.3, -0.25) is 9.59 Å². The predicted octanol–water partition coefficient (Wildman–Crippen LogP) is 2.27. The number of rotatable bonds is 4. The molecule has 138 valence electrons. The minimum absolute atomic E-state index is 0.111. The molecule has 1 N–H and O–H groups in total. The normalized spacial score (nSPS) is 13.3. The highest BCUT2D eigenvalue weighted by Crippen LogP contribution is 2.22. The van der Waals surface area contributed by atoms with E-state index in [1.807, 2.05) is 20.8 Å². The number of carbonyl (C=O) groups excluding carboxylic acids is 4. The first kappa shape index (κ1) is 24.4. The van der Waals surface area contributed by atoms with Gasteiger partial charge in [-0.1, -0.05) is 33.9 Å². The molecule has 0 saturated heterocycles. The summed E-state index contributed by atoms with van der Waals surface area (Å²) >= 11 is 0. The van der Waals surface area contributed by atoms with Gasteiger partial charge in [0, 0.05) is 17.7 Å². The number of esters is 2. The van der Waals surface area contributed by atoms with E-state index in [2.05, 4.69) is 17.9 Å². The van der Waals surface area contributed by atoms with Crippen molar-refractivity contribution in [2.24, 2.45) is 11.3 Å². The van der Waals surface area contributed by atoms with Crippen LogP contribution in [0.15, 0.2) is 37.0 Å². The average molecular weight is 352 g/mol. The smallest absolute Gasteiger partial charge is 0.338 e. The van der Waals surface area contributed by atoms with Crippen LogP contribution in [0.5, 0.6) is 0 Å². The summed E-state index contributed by atoms with van der Waals surface area (Å²) in [5.41, 5.74) is -0.0613. The molecule has 0 aromatic carbocycles. The maximum atomic E-state index is 10.6. The molecular formula is C18H24O7. The molecule has 25 heavy (non-hydrogen) atoms. The summed E-state index contributed by atoms with van der Waals surface area (Å²) in [7, 11) is 0. The first-order chi connectivity index (χ1) is 11.2. The van der Waals surface area contributed by atoms with Gasteiger partial charge < -0.3 is 9.84 Å². The van der Waals surface area contributed by atoms with Gasteiger partial charge in [-0.25, -0.2) is 14.4 Å². The van der Waals surface area contributed by atoms with E-state index in [0.717, 1.165) is 12.2 Å². The van der Waals surface area contributed by atoms with Crippen LogP contribution in [0.1, 0.15) is 34.6 Å². The van der Waals surface area contributed by atoms with Crippen LogP contribution in [-0.2, 0) is 28.7 Å². The number of ketones is 2. The second-order valence-corrected chi connectivity index (χ2v) is 6.05. The zero-order valence-corrected chi connectivity index (χ0v) is 15.1. The fourth-order valence-electron chi connectivity index (χ4n) is 1.00. The topological polar surface area (TPSA) is 115 Å². The minimum Gasteiger partial charge on any atom is -0.478 e. The third kappa shape index (κ3) is 11.4. The Labute approximate surface area is 147 Å². The van der Waals surface area contributed by atoms with Crippen LogP contribution in [0.25, 0.3) is 0 Å². The Morgan fingerprint density at radius 3 is 1.64 bits per heavy atom. The quantitative estimate of drug-likeness (QED) is 0.469. The summed E-state index contributed by atoms with van der Waals surface area (Å²) in [5, 5.41) is 8.42. The Morgan fingerprint density at radius 2 is 1.56 bits per heavy atom. The molecule has 0 fully saturated rings. The summed E-state index contributed by atoms with van der Waals surface area (Å²) in [5.74, 6) is -2.90. The van der Waals surface area contributed by atoms with Crippen LogP contribution in [0.3, 0.4) is 0 Å². The maximum absolute atomic E-state index is 10.6. The van der Waals surface area contributed by atoms with Gasteiger partial charge >= 0.3 is 17.9 Å². The van der Waals surface area contributed by atoms with Gasteiger partial charge in [-0.05, 0) is 25.3 Å². The Bertz CT molecular complexity index is 587. The number of hydrogen-bond donors (Lipinski definition) is 1. The van der Waals surface area contributed by atoms with Gasteiger partial charge in [-0.2, -0.15) is 0 Å². The molecule has 0 radical (unpaired) electrons. The Hall–Kier alpha value is -2.83. The molecule has 0 spiro atoms. The maximum Gasteiger partial charge on any atom is 0.338 e. The molecule has 7 heteroatoms. The number of allylic oxidation sites excluding steroid dienone is 1. The lowest BCUT2D eigenvalue weighted by Gasteiger charge is -2.17. The van der Waals surface area contributed by atoms with E-state index in [-0.39, 0.29) is 22.6 Å². The first-order valence-corrected chi connectivity index (χ1v) is 7.27. The van der Waals surface area contributed by atoms with Crippen molar-refractivity contribution in [2.45, 2.75) is 34.6 Å². The third-order valence-corrected chi connectivity index (χ3v) is 2.96.